The molecule has 0 radical (unpaired) electrons. The second-order valence-electron chi connectivity index (χ2n) is 5.52. The fourth-order valence-electron chi connectivity index (χ4n) is 3.08. The molecule has 0 nitrogen and oxygen atoms in total. The van der Waals surface area contributed by atoms with Crippen molar-refractivity contribution in [3.63, 3.8) is 0 Å². The van der Waals surface area contributed by atoms with Crippen LogP contribution >= 0.6 is 23.2 Å². The SMILES string of the molecule is Fc1ccc(CC(CCl)(CCl)C2CCCC2)c(F)c1. The smallest absolute Gasteiger partial charge is 0.129 e. The molecule has 1 aliphatic carbocycles. The molecule has 0 aromatic heterocycles. The maximum absolute atomic E-state index is 13.8. The van der Waals surface area contributed by atoms with E-state index in [2.05, 4.69) is 0 Å². The molecule has 0 aliphatic heterocycles. The normalized spacial score (nSPS) is 17.1. The van der Waals surface area contributed by atoms with Crippen molar-refractivity contribution in [2.75, 3.05) is 11.8 Å². The first-order valence-electron chi connectivity index (χ1n) is 6.67. The Hall–Kier alpha value is -0.340. The molecule has 0 unspecified atom stereocenters. The van der Waals surface area contributed by atoms with E-state index in [1.165, 1.54) is 25.0 Å². The summed E-state index contributed by atoms with van der Waals surface area (Å²) in [4.78, 5) is 0. The first-order valence-corrected chi connectivity index (χ1v) is 7.74. The summed E-state index contributed by atoms with van der Waals surface area (Å²) in [5, 5.41) is 0. The van der Waals surface area contributed by atoms with E-state index in [9.17, 15) is 8.78 Å². The van der Waals surface area contributed by atoms with Crippen LogP contribution in [0.1, 0.15) is 31.2 Å². The highest BCUT2D eigenvalue weighted by Crippen LogP contribution is 2.44. The number of hydrogen-bond acceptors (Lipinski definition) is 0. The van der Waals surface area contributed by atoms with Gasteiger partial charge in [-0.3, -0.25) is 0 Å². The van der Waals surface area contributed by atoms with Crippen LogP contribution < -0.4 is 0 Å². The molecule has 0 N–H and O–H groups in total. The van der Waals surface area contributed by atoms with E-state index < -0.39 is 11.6 Å². The Labute approximate surface area is 123 Å². The quantitative estimate of drug-likeness (QED) is 0.659. The van der Waals surface area contributed by atoms with Crippen molar-refractivity contribution in [1.82, 2.24) is 0 Å². The number of halogens is 4. The fraction of sp³-hybridized carbons (Fsp3) is 0.600. The van der Waals surface area contributed by atoms with Crippen LogP contribution in [-0.2, 0) is 6.42 Å². The van der Waals surface area contributed by atoms with Crippen LogP contribution in [0.3, 0.4) is 0 Å². The molecule has 2 rings (SSSR count). The van der Waals surface area contributed by atoms with Crippen molar-refractivity contribution in [2.24, 2.45) is 11.3 Å². The lowest BCUT2D eigenvalue weighted by Crippen LogP contribution is -2.36. The van der Waals surface area contributed by atoms with Crippen molar-refractivity contribution in [1.29, 1.82) is 0 Å². The number of rotatable bonds is 5. The zero-order valence-corrected chi connectivity index (χ0v) is 12.3. The summed E-state index contributed by atoms with van der Waals surface area (Å²) in [7, 11) is 0. The van der Waals surface area contributed by atoms with Crippen molar-refractivity contribution < 1.29 is 8.78 Å². The summed E-state index contributed by atoms with van der Waals surface area (Å²) in [5.74, 6) is 0.213. The minimum absolute atomic E-state index is 0.279. The molecule has 1 aliphatic rings. The third-order valence-corrected chi connectivity index (χ3v) is 5.38. The van der Waals surface area contributed by atoms with Crippen LogP contribution in [-0.4, -0.2) is 11.8 Å². The predicted molar refractivity (Wildman–Crippen MR) is 75.9 cm³/mol. The van der Waals surface area contributed by atoms with E-state index in [1.54, 1.807) is 0 Å². The molecular formula is C15H18Cl2F2. The Balaban J connectivity index is 2.24. The average molecular weight is 307 g/mol. The van der Waals surface area contributed by atoms with E-state index in [0.29, 0.717) is 29.7 Å². The van der Waals surface area contributed by atoms with Gasteiger partial charge < -0.3 is 0 Å². The van der Waals surface area contributed by atoms with Crippen molar-refractivity contribution in [2.45, 2.75) is 32.1 Å². The van der Waals surface area contributed by atoms with Crippen molar-refractivity contribution >= 4 is 23.2 Å². The number of alkyl halides is 2. The van der Waals surface area contributed by atoms with Crippen molar-refractivity contribution in [3.05, 3.63) is 35.4 Å². The zero-order chi connectivity index (χ0) is 13.9. The van der Waals surface area contributed by atoms with Crippen LogP contribution in [0.2, 0.25) is 0 Å². The molecule has 1 fully saturated rings. The van der Waals surface area contributed by atoms with E-state index >= 15 is 0 Å². The van der Waals surface area contributed by atoms with Gasteiger partial charge in [-0.25, -0.2) is 8.78 Å². The van der Waals surface area contributed by atoms with Gasteiger partial charge >= 0.3 is 0 Å². The van der Waals surface area contributed by atoms with Gasteiger partial charge in [0.15, 0.2) is 0 Å². The molecule has 0 bridgehead atoms. The van der Waals surface area contributed by atoms with Gasteiger partial charge in [-0.05, 0) is 36.8 Å². The molecule has 1 aromatic carbocycles. The largest absolute Gasteiger partial charge is 0.207 e. The Kier molecular flexibility index (Phi) is 5.08. The highest BCUT2D eigenvalue weighted by atomic mass is 35.5. The van der Waals surface area contributed by atoms with E-state index in [4.69, 9.17) is 23.2 Å². The fourth-order valence-corrected chi connectivity index (χ4v) is 3.99. The minimum atomic E-state index is -0.551. The minimum Gasteiger partial charge on any atom is -0.207 e. The molecule has 1 saturated carbocycles. The highest BCUT2D eigenvalue weighted by molar-refractivity contribution is 6.21. The summed E-state index contributed by atoms with van der Waals surface area (Å²) in [6.07, 6.45) is 5.06. The standard InChI is InChI=1S/C15H18Cl2F2/c16-9-15(10-17,12-3-1-2-4-12)8-11-5-6-13(18)7-14(11)19/h5-7,12H,1-4,8-10H2. The lowest BCUT2D eigenvalue weighted by molar-refractivity contribution is 0.222. The van der Waals surface area contributed by atoms with Crippen LogP contribution in [0.5, 0.6) is 0 Å². The molecule has 0 atom stereocenters. The first-order chi connectivity index (χ1) is 9.11. The van der Waals surface area contributed by atoms with Gasteiger partial charge in [-0.2, -0.15) is 0 Å². The Morgan fingerprint density at radius 3 is 2.26 bits per heavy atom. The van der Waals surface area contributed by atoms with Gasteiger partial charge in [-0.15, -0.1) is 23.2 Å². The molecule has 4 heteroatoms. The summed E-state index contributed by atoms with van der Waals surface area (Å²) >= 11 is 12.3. The van der Waals surface area contributed by atoms with E-state index in [0.717, 1.165) is 18.9 Å². The number of benzene rings is 1. The average Bonchev–Trinajstić information content (AvgIpc) is 2.93. The monoisotopic (exact) mass is 306 g/mol. The molecule has 0 heterocycles. The summed E-state index contributed by atoms with van der Waals surface area (Å²) in [5.41, 5.74) is 0.229. The van der Waals surface area contributed by atoms with Crippen LogP contribution in [0, 0.1) is 23.0 Å². The summed E-state index contributed by atoms with van der Waals surface area (Å²) in [6, 6.07) is 3.73. The van der Waals surface area contributed by atoms with E-state index in [1.807, 2.05) is 0 Å². The maximum Gasteiger partial charge on any atom is 0.129 e. The molecule has 0 amide bonds. The van der Waals surface area contributed by atoms with Gasteiger partial charge in [0.05, 0.1) is 0 Å². The van der Waals surface area contributed by atoms with Crippen LogP contribution in [0.15, 0.2) is 18.2 Å². The molecular weight excluding hydrogens is 289 g/mol. The van der Waals surface area contributed by atoms with Gasteiger partial charge in [0, 0.05) is 23.2 Å². The van der Waals surface area contributed by atoms with Gasteiger partial charge in [0.1, 0.15) is 11.6 Å². The van der Waals surface area contributed by atoms with Crippen LogP contribution in [0.4, 0.5) is 8.78 Å². The second-order valence-corrected chi connectivity index (χ2v) is 6.06. The highest BCUT2D eigenvalue weighted by Gasteiger charge is 2.39. The van der Waals surface area contributed by atoms with E-state index in [-0.39, 0.29) is 5.41 Å². The van der Waals surface area contributed by atoms with Crippen LogP contribution in [0.25, 0.3) is 0 Å². The summed E-state index contributed by atoms with van der Waals surface area (Å²) < 4.78 is 26.8. The molecule has 1 aromatic rings. The first kappa shape index (κ1) is 15.1. The lowest BCUT2D eigenvalue weighted by atomic mass is 9.73. The topological polar surface area (TPSA) is 0 Å². The molecule has 106 valence electrons. The Morgan fingerprint density at radius 1 is 1.11 bits per heavy atom. The predicted octanol–water partition coefficient (Wildman–Crippen LogP) is 5.16. The lowest BCUT2D eigenvalue weighted by Gasteiger charge is -2.36. The van der Waals surface area contributed by atoms with Gasteiger partial charge in [0.25, 0.3) is 0 Å². The molecule has 0 saturated heterocycles. The molecule has 0 spiro atoms. The Bertz CT molecular complexity index is 424. The summed E-state index contributed by atoms with van der Waals surface area (Å²) in [6.45, 7) is 0. The molecule has 19 heavy (non-hydrogen) atoms. The van der Waals surface area contributed by atoms with Gasteiger partial charge in [-0.1, -0.05) is 18.9 Å². The number of hydrogen-bond donors (Lipinski definition) is 0. The maximum atomic E-state index is 13.8. The van der Waals surface area contributed by atoms with Crippen molar-refractivity contribution in [3.8, 4) is 0 Å². The third-order valence-electron chi connectivity index (χ3n) is 4.31. The van der Waals surface area contributed by atoms with Gasteiger partial charge in [0.2, 0.25) is 0 Å². The zero-order valence-electron chi connectivity index (χ0n) is 10.8. The third kappa shape index (κ3) is 3.22. The Morgan fingerprint density at radius 2 is 1.74 bits per heavy atom. The second kappa shape index (κ2) is 6.41.